The molecule has 0 fully saturated rings. The van der Waals surface area contributed by atoms with Gasteiger partial charge >= 0.3 is 0 Å². The highest BCUT2D eigenvalue weighted by Gasteiger charge is 2.33. The third-order valence-electron chi connectivity index (χ3n) is 2.48. The molecule has 1 aliphatic rings. The number of aliphatic hydroxyl groups is 1. The summed E-state index contributed by atoms with van der Waals surface area (Å²) in [6.07, 6.45) is 0.805. The summed E-state index contributed by atoms with van der Waals surface area (Å²) in [6, 6.07) is 6.17. The van der Waals surface area contributed by atoms with Crippen molar-refractivity contribution in [1.82, 2.24) is 0 Å². The molecular formula is C11H14O2. The normalized spacial score (nSPS) is 25.5. The van der Waals surface area contributed by atoms with Gasteiger partial charge in [0.05, 0.1) is 6.61 Å². The Morgan fingerprint density at radius 1 is 1.54 bits per heavy atom. The summed E-state index contributed by atoms with van der Waals surface area (Å²) in [7, 11) is 0. The van der Waals surface area contributed by atoms with Crippen molar-refractivity contribution in [2.24, 2.45) is 0 Å². The zero-order valence-electron chi connectivity index (χ0n) is 8.00. The highest BCUT2D eigenvalue weighted by molar-refractivity contribution is 5.41. The quantitative estimate of drug-likeness (QED) is 0.709. The average Bonchev–Trinajstić information content (AvgIpc) is 2.42. The standard InChI is InChI=1S/C11H14O2/c1-8-3-4-9-6-11(2,7-12)13-10(9)5-8/h3-5,12H,6-7H2,1-2H3. The van der Waals surface area contributed by atoms with E-state index in [-0.39, 0.29) is 6.61 Å². The van der Waals surface area contributed by atoms with Crippen LogP contribution in [0.25, 0.3) is 0 Å². The van der Waals surface area contributed by atoms with Crippen LogP contribution in [0.4, 0.5) is 0 Å². The van der Waals surface area contributed by atoms with Gasteiger partial charge in [0.2, 0.25) is 0 Å². The van der Waals surface area contributed by atoms with Gasteiger partial charge in [-0.05, 0) is 31.0 Å². The molecule has 0 saturated heterocycles. The van der Waals surface area contributed by atoms with Crippen molar-refractivity contribution < 1.29 is 9.84 Å². The zero-order valence-corrected chi connectivity index (χ0v) is 8.00. The molecule has 1 N–H and O–H groups in total. The molecule has 2 heteroatoms. The molecule has 0 aromatic heterocycles. The van der Waals surface area contributed by atoms with Crippen LogP contribution in [-0.2, 0) is 6.42 Å². The molecule has 1 unspecified atom stereocenters. The number of rotatable bonds is 1. The molecule has 0 radical (unpaired) electrons. The lowest BCUT2D eigenvalue weighted by molar-refractivity contribution is 0.0446. The van der Waals surface area contributed by atoms with E-state index in [0.29, 0.717) is 0 Å². The van der Waals surface area contributed by atoms with Crippen molar-refractivity contribution >= 4 is 0 Å². The summed E-state index contributed by atoms with van der Waals surface area (Å²) in [5.74, 6) is 0.927. The van der Waals surface area contributed by atoms with E-state index >= 15 is 0 Å². The molecule has 0 amide bonds. The first-order chi connectivity index (χ1) is 6.13. The predicted molar refractivity (Wildman–Crippen MR) is 51.0 cm³/mol. The monoisotopic (exact) mass is 178 g/mol. The molecular weight excluding hydrogens is 164 g/mol. The van der Waals surface area contributed by atoms with Gasteiger partial charge in [0.1, 0.15) is 11.4 Å². The Kier molecular flexibility index (Phi) is 1.81. The maximum absolute atomic E-state index is 9.14. The molecule has 0 saturated carbocycles. The van der Waals surface area contributed by atoms with Crippen LogP contribution in [0.5, 0.6) is 5.75 Å². The van der Waals surface area contributed by atoms with Crippen molar-refractivity contribution in [3.63, 3.8) is 0 Å². The summed E-state index contributed by atoms with van der Waals surface area (Å²) in [5.41, 5.74) is 1.99. The van der Waals surface area contributed by atoms with Crippen LogP contribution in [0.1, 0.15) is 18.1 Å². The van der Waals surface area contributed by atoms with E-state index < -0.39 is 5.60 Å². The number of fused-ring (bicyclic) bond motifs is 1. The Hall–Kier alpha value is -1.02. The van der Waals surface area contributed by atoms with Crippen LogP contribution in [0.2, 0.25) is 0 Å². The van der Waals surface area contributed by atoms with Gasteiger partial charge in [-0.25, -0.2) is 0 Å². The number of aliphatic hydroxyl groups excluding tert-OH is 1. The van der Waals surface area contributed by atoms with Gasteiger partial charge in [-0.2, -0.15) is 0 Å². The van der Waals surface area contributed by atoms with Crippen molar-refractivity contribution in [3.8, 4) is 5.75 Å². The zero-order chi connectivity index (χ0) is 9.47. The maximum Gasteiger partial charge on any atom is 0.133 e. The number of ether oxygens (including phenoxy) is 1. The smallest absolute Gasteiger partial charge is 0.133 e. The number of hydrogen-bond donors (Lipinski definition) is 1. The molecule has 0 aliphatic carbocycles. The van der Waals surface area contributed by atoms with Gasteiger partial charge in [-0.15, -0.1) is 0 Å². The Balaban J connectivity index is 2.35. The lowest BCUT2D eigenvalue weighted by Crippen LogP contribution is -2.34. The first kappa shape index (κ1) is 8.57. The summed E-state index contributed by atoms with van der Waals surface area (Å²) in [5, 5.41) is 9.14. The summed E-state index contributed by atoms with van der Waals surface area (Å²) in [6.45, 7) is 4.04. The fraction of sp³-hybridized carbons (Fsp3) is 0.455. The van der Waals surface area contributed by atoms with Crippen LogP contribution < -0.4 is 4.74 Å². The second kappa shape index (κ2) is 2.74. The minimum Gasteiger partial charge on any atom is -0.485 e. The molecule has 70 valence electrons. The maximum atomic E-state index is 9.14. The van der Waals surface area contributed by atoms with Gasteiger partial charge in [0.25, 0.3) is 0 Å². The topological polar surface area (TPSA) is 29.5 Å². The summed E-state index contributed by atoms with van der Waals surface area (Å²) < 4.78 is 5.67. The fourth-order valence-corrected chi connectivity index (χ4v) is 1.70. The van der Waals surface area contributed by atoms with Crippen LogP contribution in [-0.4, -0.2) is 17.3 Å². The van der Waals surface area contributed by atoms with Crippen LogP contribution in [0, 0.1) is 6.92 Å². The molecule has 1 atom stereocenters. The van der Waals surface area contributed by atoms with E-state index in [0.717, 1.165) is 12.2 Å². The molecule has 13 heavy (non-hydrogen) atoms. The first-order valence-corrected chi connectivity index (χ1v) is 4.52. The molecule has 1 aromatic carbocycles. The molecule has 1 heterocycles. The Bertz CT molecular complexity index is 333. The van der Waals surface area contributed by atoms with E-state index in [1.165, 1.54) is 11.1 Å². The summed E-state index contributed by atoms with van der Waals surface area (Å²) in [4.78, 5) is 0. The van der Waals surface area contributed by atoms with E-state index in [2.05, 4.69) is 12.1 Å². The second-order valence-corrected chi connectivity index (χ2v) is 4.00. The van der Waals surface area contributed by atoms with Gasteiger partial charge in [0.15, 0.2) is 0 Å². The van der Waals surface area contributed by atoms with Crippen molar-refractivity contribution in [3.05, 3.63) is 29.3 Å². The van der Waals surface area contributed by atoms with Crippen LogP contribution in [0.15, 0.2) is 18.2 Å². The van der Waals surface area contributed by atoms with Crippen molar-refractivity contribution in [2.75, 3.05) is 6.61 Å². The number of aryl methyl sites for hydroxylation is 1. The molecule has 2 rings (SSSR count). The van der Waals surface area contributed by atoms with Gasteiger partial charge in [-0.1, -0.05) is 12.1 Å². The second-order valence-electron chi connectivity index (χ2n) is 4.00. The van der Waals surface area contributed by atoms with E-state index in [9.17, 15) is 0 Å². The largest absolute Gasteiger partial charge is 0.485 e. The molecule has 1 aromatic rings. The SMILES string of the molecule is Cc1ccc2c(c1)OC(C)(CO)C2. The van der Waals surface area contributed by atoms with Crippen LogP contribution >= 0.6 is 0 Å². The predicted octanol–water partition coefficient (Wildman–Crippen LogP) is 1.68. The number of hydrogen-bond acceptors (Lipinski definition) is 2. The Labute approximate surface area is 78.2 Å². The molecule has 0 bridgehead atoms. The summed E-state index contributed by atoms with van der Waals surface area (Å²) >= 11 is 0. The molecule has 2 nitrogen and oxygen atoms in total. The molecule has 1 aliphatic heterocycles. The molecule has 0 spiro atoms. The lowest BCUT2D eigenvalue weighted by atomic mass is 10.00. The Morgan fingerprint density at radius 3 is 3.00 bits per heavy atom. The number of benzene rings is 1. The Morgan fingerprint density at radius 2 is 2.31 bits per heavy atom. The van der Waals surface area contributed by atoms with Crippen LogP contribution in [0.3, 0.4) is 0 Å². The fourth-order valence-electron chi connectivity index (χ4n) is 1.70. The van der Waals surface area contributed by atoms with Gasteiger partial charge in [0, 0.05) is 6.42 Å². The van der Waals surface area contributed by atoms with E-state index in [4.69, 9.17) is 9.84 Å². The lowest BCUT2D eigenvalue weighted by Gasteiger charge is -2.20. The highest BCUT2D eigenvalue weighted by Crippen LogP contribution is 2.35. The van der Waals surface area contributed by atoms with Crippen molar-refractivity contribution in [2.45, 2.75) is 25.9 Å². The van der Waals surface area contributed by atoms with E-state index in [1.807, 2.05) is 19.9 Å². The van der Waals surface area contributed by atoms with Gasteiger partial charge in [-0.3, -0.25) is 0 Å². The highest BCUT2D eigenvalue weighted by atomic mass is 16.5. The average molecular weight is 178 g/mol. The third kappa shape index (κ3) is 1.42. The minimum atomic E-state index is -0.407. The van der Waals surface area contributed by atoms with E-state index in [1.54, 1.807) is 0 Å². The van der Waals surface area contributed by atoms with Gasteiger partial charge < -0.3 is 9.84 Å². The van der Waals surface area contributed by atoms with Crippen molar-refractivity contribution in [1.29, 1.82) is 0 Å². The third-order valence-corrected chi connectivity index (χ3v) is 2.48. The first-order valence-electron chi connectivity index (χ1n) is 4.52. The minimum absolute atomic E-state index is 0.0702.